The van der Waals surface area contributed by atoms with Crippen LogP contribution in [-0.4, -0.2) is 18.3 Å². The molecule has 2 heterocycles. The minimum atomic E-state index is -1.05. The average molecular weight is 301 g/mol. The first-order valence-electron chi connectivity index (χ1n) is 10.6. The van der Waals surface area contributed by atoms with E-state index in [0.29, 0.717) is 0 Å². The van der Waals surface area contributed by atoms with Gasteiger partial charge in [0.05, 0.1) is 20.8 Å². The highest BCUT2D eigenvalue weighted by Gasteiger charge is 2.51. The van der Waals surface area contributed by atoms with Crippen molar-refractivity contribution in [1.82, 2.24) is 0 Å². The largest absolute Gasteiger partial charge is 0.494 e. The van der Waals surface area contributed by atoms with Gasteiger partial charge in [0, 0.05) is 10.8 Å². The van der Waals surface area contributed by atoms with E-state index in [-0.39, 0.29) is 57.6 Å². The Kier molecular flexibility index (Phi) is 1.63. The van der Waals surface area contributed by atoms with E-state index in [9.17, 15) is 0 Å². The topological polar surface area (TPSA) is 31.6 Å². The predicted molar refractivity (Wildman–Crippen MR) is 89.4 cm³/mol. The van der Waals surface area contributed by atoms with Gasteiger partial charge < -0.3 is 13.7 Å². The van der Waals surface area contributed by atoms with Gasteiger partial charge in [0.2, 0.25) is 0 Å². The van der Waals surface area contributed by atoms with Crippen molar-refractivity contribution in [2.75, 3.05) is 0 Å². The monoisotopic (exact) mass is 301 g/mol. The fraction of sp³-hybridized carbons (Fsp3) is 0.333. The van der Waals surface area contributed by atoms with Crippen LogP contribution in [0.15, 0.2) is 46.7 Å². The molecule has 1 aliphatic rings. The summed E-state index contributed by atoms with van der Waals surface area (Å²) in [5.74, 6) is 0. The van der Waals surface area contributed by atoms with Gasteiger partial charge in [-0.05, 0) is 45.2 Å². The standard InChI is InChI=1S/C18H19BO3/c1-17(2)18(3,4)22-19(21-17)12-9-10-14-13-7-5-6-8-15(13)20-16(14)11-12/h5-11H,1-4H3/i5D,6D,7D,8D,9D,10D,11D. The summed E-state index contributed by atoms with van der Waals surface area (Å²) in [6.45, 7) is 7.36. The van der Waals surface area contributed by atoms with Crippen molar-refractivity contribution in [1.29, 1.82) is 0 Å². The van der Waals surface area contributed by atoms with Crippen molar-refractivity contribution >= 4 is 34.5 Å². The Bertz CT molecular complexity index is 1190. The van der Waals surface area contributed by atoms with Crippen molar-refractivity contribution in [3.63, 3.8) is 0 Å². The molecule has 0 amide bonds. The molecule has 0 spiro atoms. The van der Waals surface area contributed by atoms with Gasteiger partial charge in [0.1, 0.15) is 11.2 Å². The first kappa shape index (κ1) is 8.18. The van der Waals surface area contributed by atoms with Crippen molar-refractivity contribution in [3.8, 4) is 0 Å². The zero-order valence-corrected chi connectivity index (χ0v) is 12.8. The summed E-state index contributed by atoms with van der Waals surface area (Å²) >= 11 is 0. The third-order valence-electron chi connectivity index (χ3n) is 4.39. The molecule has 112 valence electrons. The molecule has 22 heavy (non-hydrogen) atoms. The molecule has 0 N–H and O–H groups in total. The summed E-state index contributed by atoms with van der Waals surface area (Å²) in [5.41, 5.74) is -1.60. The van der Waals surface area contributed by atoms with E-state index in [2.05, 4.69) is 0 Å². The Hall–Kier alpha value is -1.78. The van der Waals surface area contributed by atoms with Crippen LogP contribution in [0.4, 0.5) is 0 Å². The Morgan fingerprint density at radius 3 is 2.23 bits per heavy atom. The van der Waals surface area contributed by atoms with Crippen LogP contribution in [0, 0.1) is 0 Å². The molecule has 0 radical (unpaired) electrons. The number of furan rings is 1. The maximum Gasteiger partial charge on any atom is 0.494 e. The number of hydrogen-bond donors (Lipinski definition) is 0. The van der Waals surface area contributed by atoms with E-state index in [0.717, 1.165) is 0 Å². The van der Waals surface area contributed by atoms with Gasteiger partial charge in [-0.1, -0.05) is 30.2 Å². The molecule has 1 saturated heterocycles. The molecular weight excluding hydrogens is 275 g/mol. The summed E-state index contributed by atoms with van der Waals surface area (Å²) < 4.78 is 75.1. The number of para-hydroxylation sites is 1. The van der Waals surface area contributed by atoms with Crippen LogP contribution >= 0.6 is 0 Å². The fourth-order valence-electron chi connectivity index (χ4n) is 2.39. The second-order valence-corrected chi connectivity index (χ2v) is 6.39. The summed E-state index contributed by atoms with van der Waals surface area (Å²) in [5, 5.41) is 0.0146. The molecule has 0 bridgehead atoms. The third kappa shape index (κ3) is 1.91. The van der Waals surface area contributed by atoms with Gasteiger partial charge in [0.25, 0.3) is 0 Å². The summed E-state index contributed by atoms with van der Waals surface area (Å²) in [6.07, 6.45) is 0. The van der Waals surface area contributed by atoms with Crippen LogP contribution in [0.1, 0.15) is 37.3 Å². The van der Waals surface area contributed by atoms with Crippen molar-refractivity contribution in [2.45, 2.75) is 38.9 Å². The zero-order chi connectivity index (χ0) is 21.6. The second kappa shape index (κ2) is 4.37. The van der Waals surface area contributed by atoms with Crippen LogP contribution in [0.5, 0.6) is 0 Å². The van der Waals surface area contributed by atoms with E-state index in [4.69, 9.17) is 23.3 Å². The van der Waals surface area contributed by atoms with E-state index in [1.54, 1.807) is 0 Å². The molecule has 3 nitrogen and oxygen atoms in total. The lowest BCUT2D eigenvalue weighted by molar-refractivity contribution is 0.00578. The Labute approximate surface area is 140 Å². The van der Waals surface area contributed by atoms with Crippen molar-refractivity contribution in [2.24, 2.45) is 0 Å². The quantitative estimate of drug-likeness (QED) is 0.639. The summed E-state index contributed by atoms with van der Waals surface area (Å²) in [4.78, 5) is 0. The van der Waals surface area contributed by atoms with E-state index in [1.807, 2.05) is 27.7 Å². The molecule has 0 saturated carbocycles. The Morgan fingerprint density at radius 2 is 1.50 bits per heavy atom. The molecule has 2 aromatic carbocycles. The number of rotatable bonds is 1. The lowest BCUT2D eigenvalue weighted by Gasteiger charge is -2.32. The number of fused-ring (bicyclic) bond motifs is 3. The smallest absolute Gasteiger partial charge is 0.456 e. The molecule has 4 rings (SSSR count). The lowest BCUT2D eigenvalue weighted by Crippen LogP contribution is -2.41. The molecule has 3 aromatic rings. The molecule has 1 fully saturated rings. The Morgan fingerprint density at radius 1 is 0.864 bits per heavy atom. The van der Waals surface area contributed by atoms with Crippen LogP contribution < -0.4 is 5.46 Å². The van der Waals surface area contributed by atoms with E-state index in [1.165, 1.54) is 0 Å². The maximum absolute atomic E-state index is 8.61. The highest BCUT2D eigenvalue weighted by atomic mass is 16.7. The highest BCUT2D eigenvalue weighted by Crippen LogP contribution is 2.37. The fourth-order valence-corrected chi connectivity index (χ4v) is 2.39. The SMILES string of the molecule is [2H]c1c([2H])c([2H])c2c(oc3c([2H])c(B4OC(C)(C)C(C)(C)O4)c([2H])c([2H])c32)c1[2H]. The van der Waals surface area contributed by atoms with Crippen LogP contribution in [-0.2, 0) is 9.31 Å². The highest BCUT2D eigenvalue weighted by molar-refractivity contribution is 6.62. The lowest BCUT2D eigenvalue weighted by atomic mass is 9.79. The van der Waals surface area contributed by atoms with Crippen molar-refractivity contribution < 1.29 is 23.3 Å². The minimum absolute atomic E-state index is 0.00142. The van der Waals surface area contributed by atoms with Gasteiger partial charge in [0.15, 0.2) is 0 Å². The van der Waals surface area contributed by atoms with Gasteiger partial charge in [-0.2, -0.15) is 0 Å². The van der Waals surface area contributed by atoms with E-state index < -0.39 is 30.4 Å². The van der Waals surface area contributed by atoms with Gasteiger partial charge in [-0.25, -0.2) is 0 Å². The third-order valence-corrected chi connectivity index (χ3v) is 4.39. The molecule has 1 aliphatic heterocycles. The molecule has 4 heteroatoms. The Balaban J connectivity index is 2.08. The van der Waals surface area contributed by atoms with Gasteiger partial charge >= 0.3 is 7.12 Å². The predicted octanol–water partition coefficient (Wildman–Crippen LogP) is 3.89. The average Bonchev–Trinajstić information content (AvgIpc) is 3.12. The molecule has 0 unspecified atom stereocenters. The molecule has 0 aliphatic carbocycles. The van der Waals surface area contributed by atoms with Crippen molar-refractivity contribution in [3.05, 3.63) is 42.3 Å². The molecule has 1 aromatic heterocycles. The van der Waals surface area contributed by atoms with E-state index >= 15 is 0 Å². The minimum Gasteiger partial charge on any atom is -0.456 e. The molecular formula is C18H19BO3. The zero-order valence-electron chi connectivity index (χ0n) is 19.8. The first-order valence-corrected chi connectivity index (χ1v) is 7.08. The van der Waals surface area contributed by atoms with Crippen LogP contribution in [0.2, 0.25) is 0 Å². The second-order valence-electron chi connectivity index (χ2n) is 6.39. The van der Waals surface area contributed by atoms with Crippen LogP contribution in [0.25, 0.3) is 21.9 Å². The summed E-state index contributed by atoms with van der Waals surface area (Å²) in [7, 11) is -1.05. The normalized spacial score (nSPS) is 24.5. The molecule has 0 atom stereocenters. The first-order chi connectivity index (χ1) is 13.3. The number of benzene rings is 2. The van der Waals surface area contributed by atoms with Gasteiger partial charge in [-0.15, -0.1) is 0 Å². The summed E-state index contributed by atoms with van der Waals surface area (Å²) in [6, 6.07) is -2.50. The number of hydrogen-bond acceptors (Lipinski definition) is 3. The maximum atomic E-state index is 8.61. The van der Waals surface area contributed by atoms with Gasteiger partial charge in [-0.3, -0.25) is 0 Å². The van der Waals surface area contributed by atoms with Crippen LogP contribution in [0.3, 0.4) is 0 Å².